The summed E-state index contributed by atoms with van der Waals surface area (Å²) in [6.45, 7) is 0. The molecule has 112 valence electrons. The van der Waals surface area contributed by atoms with Crippen LogP contribution in [0.2, 0.25) is 5.02 Å². The Bertz CT molecular complexity index is 848. The lowest BCUT2D eigenvalue weighted by atomic mass is 10.2. The smallest absolute Gasteiger partial charge is 0.244 e. The Labute approximate surface area is 126 Å². The molecular formula is C14H7ClF3N3O. The quantitative estimate of drug-likeness (QED) is 0.786. The number of hydrogen-bond acceptors (Lipinski definition) is 2. The normalized spacial score (nSPS) is 10.9. The van der Waals surface area contributed by atoms with Gasteiger partial charge in [0.1, 0.15) is 17.3 Å². The van der Waals surface area contributed by atoms with Crippen molar-refractivity contribution in [2.24, 2.45) is 0 Å². The van der Waals surface area contributed by atoms with Gasteiger partial charge in [-0.2, -0.15) is 4.98 Å². The fourth-order valence-corrected chi connectivity index (χ4v) is 2.17. The molecule has 0 amide bonds. The Morgan fingerprint density at radius 2 is 1.82 bits per heavy atom. The maximum absolute atomic E-state index is 14.0. The van der Waals surface area contributed by atoms with E-state index in [1.807, 2.05) is 0 Å². The van der Waals surface area contributed by atoms with Crippen molar-refractivity contribution in [1.82, 2.24) is 14.8 Å². The first-order chi connectivity index (χ1) is 10.5. The van der Waals surface area contributed by atoms with E-state index in [0.717, 1.165) is 22.9 Å². The largest absolute Gasteiger partial charge is 0.362 e. The molecule has 0 spiro atoms. The highest BCUT2D eigenvalue weighted by molar-refractivity contribution is 6.30. The van der Waals surface area contributed by atoms with Gasteiger partial charge in [-0.3, -0.25) is 0 Å². The van der Waals surface area contributed by atoms with Crippen molar-refractivity contribution in [3.8, 4) is 17.1 Å². The first kappa shape index (κ1) is 14.4. The van der Waals surface area contributed by atoms with Gasteiger partial charge in [0, 0.05) is 11.1 Å². The van der Waals surface area contributed by atoms with Crippen LogP contribution in [0.25, 0.3) is 17.1 Å². The van der Waals surface area contributed by atoms with E-state index >= 15 is 0 Å². The maximum Gasteiger partial charge on any atom is 0.362 e. The number of aromatic nitrogens is 3. The van der Waals surface area contributed by atoms with Gasteiger partial charge >= 0.3 is 5.69 Å². The summed E-state index contributed by atoms with van der Waals surface area (Å²) in [5.41, 5.74) is -1.01. The van der Waals surface area contributed by atoms with Crippen LogP contribution >= 0.6 is 11.6 Å². The Morgan fingerprint density at radius 3 is 2.50 bits per heavy atom. The van der Waals surface area contributed by atoms with Crippen LogP contribution in [0.4, 0.5) is 13.2 Å². The minimum Gasteiger partial charge on any atom is -0.244 e. The second-order valence-electron chi connectivity index (χ2n) is 4.41. The molecule has 0 fully saturated rings. The molecule has 3 rings (SSSR count). The van der Waals surface area contributed by atoms with Crippen LogP contribution in [-0.2, 0) is 0 Å². The molecule has 0 unspecified atom stereocenters. The molecule has 4 nitrogen and oxygen atoms in total. The summed E-state index contributed by atoms with van der Waals surface area (Å²) >= 11 is 5.67. The van der Waals surface area contributed by atoms with E-state index in [9.17, 15) is 18.0 Å². The highest BCUT2D eigenvalue weighted by Crippen LogP contribution is 2.25. The van der Waals surface area contributed by atoms with Gasteiger partial charge < -0.3 is 0 Å². The molecule has 0 atom stereocenters. The highest BCUT2D eigenvalue weighted by Gasteiger charge is 2.17. The molecule has 0 saturated carbocycles. The van der Waals surface area contributed by atoms with Gasteiger partial charge in [-0.1, -0.05) is 11.6 Å². The third kappa shape index (κ3) is 2.50. The molecule has 3 aromatic rings. The van der Waals surface area contributed by atoms with Crippen LogP contribution < -0.4 is 5.69 Å². The summed E-state index contributed by atoms with van der Waals surface area (Å²) in [5.74, 6) is -2.58. The van der Waals surface area contributed by atoms with Crippen molar-refractivity contribution in [1.29, 1.82) is 0 Å². The van der Waals surface area contributed by atoms with Crippen LogP contribution in [0.3, 0.4) is 0 Å². The summed E-state index contributed by atoms with van der Waals surface area (Å²) < 4.78 is 41.8. The predicted octanol–water partition coefficient (Wildman–Crippen LogP) is 3.30. The highest BCUT2D eigenvalue weighted by atomic mass is 35.5. The van der Waals surface area contributed by atoms with E-state index in [4.69, 9.17) is 11.6 Å². The van der Waals surface area contributed by atoms with E-state index in [2.05, 4.69) is 10.1 Å². The summed E-state index contributed by atoms with van der Waals surface area (Å²) in [4.78, 5) is 15.1. The zero-order valence-corrected chi connectivity index (χ0v) is 11.5. The van der Waals surface area contributed by atoms with Gasteiger partial charge in [-0.05, 0) is 30.3 Å². The first-order valence-corrected chi connectivity index (χ1v) is 6.43. The standard InChI is InChI=1S/C14H7ClF3N3O/c15-7-1-3-9(10(17)5-7)13-19-14(22)20-21(13)12-4-2-8(16)6-11(12)18/h1-6H,(H,20,22). The molecule has 1 aromatic heterocycles. The maximum atomic E-state index is 14.0. The van der Waals surface area contributed by atoms with Crippen molar-refractivity contribution in [2.75, 3.05) is 0 Å². The van der Waals surface area contributed by atoms with Gasteiger partial charge in [0.15, 0.2) is 11.6 Å². The van der Waals surface area contributed by atoms with Gasteiger partial charge in [-0.25, -0.2) is 27.7 Å². The number of benzene rings is 2. The van der Waals surface area contributed by atoms with E-state index < -0.39 is 23.1 Å². The molecule has 0 aliphatic rings. The molecule has 22 heavy (non-hydrogen) atoms. The third-order valence-electron chi connectivity index (χ3n) is 2.95. The Morgan fingerprint density at radius 1 is 1.05 bits per heavy atom. The van der Waals surface area contributed by atoms with Crippen LogP contribution in [0.1, 0.15) is 0 Å². The zero-order valence-electron chi connectivity index (χ0n) is 10.8. The number of aromatic amines is 1. The molecule has 2 aromatic carbocycles. The van der Waals surface area contributed by atoms with Crippen LogP contribution in [0.15, 0.2) is 41.2 Å². The number of hydrogen-bond donors (Lipinski definition) is 1. The van der Waals surface area contributed by atoms with E-state index in [1.165, 1.54) is 12.1 Å². The second-order valence-corrected chi connectivity index (χ2v) is 4.84. The zero-order chi connectivity index (χ0) is 15.9. The monoisotopic (exact) mass is 325 g/mol. The van der Waals surface area contributed by atoms with Crippen LogP contribution in [0.5, 0.6) is 0 Å². The van der Waals surface area contributed by atoms with Crippen molar-refractivity contribution in [3.63, 3.8) is 0 Å². The number of nitrogens with one attached hydrogen (secondary N) is 1. The van der Waals surface area contributed by atoms with E-state index in [0.29, 0.717) is 6.07 Å². The molecule has 1 N–H and O–H groups in total. The van der Waals surface area contributed by atoms with Crippen molar-refractivity contribution in [2.45, 2.75) is 0 Å². The lowest BCUT2D eigenvalue weighted by molar-refractivity contribution is 0.573. The molecule has 0 aliphatic heterocycles. The van der Waals surface area contributed by atoms with Crippen molar-refractivity contribution in [3.05, 3.63) is 69.4 Å². The molecule has 0 bridgehead atoms. The van der Waals surface area contributed by atoms with Gasteiger partial charge in [0.05, 0.1) is 5.56 Å². The van der Waals surface area contributed by atoms with Gasteiger partial charge in [-0.15, -0.1) is 0 Å². The Kier molecular flexibility index (Phi) is 3.50. The summed E-state index contributed by atoms with van der Waals surface area (Å²) in [6, 6.07) is 6.53. The fourth-order valence-electron chi connectivity index (χ4n) is 2.01. The van der Waals surface area contributed by atoms with E-state index in [1.54, 1.807) is 0 Å². The number of halogens is 4. The molecular weight excluding hydrogens is 319 g/mol. The molecule has 0 radical (unpaired) electrons. The number of rotatable bonds is 2. The van der Waals surface area contributed by atoms with Crippen LogP contribution in [0, 0.1) is 17.5 Å². The topological polar surface area (TPSA) is 50.7 Å². The first-order valence-electron chi connectivity index (χ1n) is 6.05. The lowest BCUT2D eigenvalue weighted by Crippen LogP contribution is -2.07. The molecule has 0 saturated heterocycles. The average molecular weight is 326 g/mol. The van der Waals surface area contributed by atoms with Gasteiger partial charge in [0.2, 0.25) is 0 Å². The summed E-state index contributed by atoms with van der Waals surface area (Å²) in [5, 5.41) is 2.41. The second kappa shape index (κ2) is 5.34. The van der Waals surface area contributed by atoms with Crippen molar-refractivity contribution >= 4 is 11.6 Å². The van der Waals surface area contributed by atoms with Crippen LogP contribution in [-0.4, -0.2) is 14.8 Å². The minimum absolute atomic E-state index is 0.0496. The molecule has 1 heterocycles. The summed E-state index contributed by atoms with van der Waals surface area (Å²) in [6.07, 6.45) is 0. The fraction of sp³-hybridized carbons (Fsp3) is 0. The van der Waals surface area contributed by atoms with Crippen molar-refractivity contribution < 1.29 is 13.2 Å². The lowest BCUT2D eigenvalue weighted by Gasteiger charge is -2.09. The Balaban J connectivity index is 2.24. The molecule has 8 heteroatoms. The average Bonchev–Trinajstić information content (AvgIpc) is 2.80. The SMILES string of the molecule is O=c1nc(-c2ccc(Cl)cc2F)n(-c2ccc(F)cc2F)[nH]1. The molecule has 0 aliphatic carbocycles. The van der Waals surface area contributed by atoms with Gasteiger partial charge in [0.25, 0.3) is 0 Å². The summed E-state index contributed by atoms with van der Waals surface area (Å²) in [7, 11) is 0. The van der Waals surface area contributed by atoms with E-state index in [-0.39, 0.29) is 22.1 Å². The number of nitrogens with zero attached hydrogens (tertiary/aromatic N) is 2. The number of H-pyrrole nitrogens is 1. The Hall–Kier alpha value is -2.54. The third-order valence-corrected chi connectivity index (χ3v) is 3.18. The predicted molar refractivity (Wildman–Crippen MR) is 74.5 cm³/mol. The minimum atomic E-state index is -0.927.